The average molecular weight is 393 g/mol. The molecule has 0 unspecified atom stereocenters. The van der Waals surface area contributed by atoms with Crippen LogP contribution < -0.4 is 0 Å². The molecule has 0 aromatic heterocycles. The number of hydrogen-bond acceptors (Lipinski definition) is 6. The minimum Gasteiger partial charge on any atom is -0.304 e. The zero-order chi connectivity index (χ0) is 17.5. The van der Waals surface area contributed by atoms with Crippen molar-refractivity contribution in [1.29, 1.82) is 0 Å². The van der Waals surface area contributed by atoms with Crippen molar-refractivity contribution in [1.82, 2.24) is 9.80 Å². The van der Waals surface area contributed by atoms with Crippen molar-refractivity contribution >= 4 is 31.3 Å². The molecule has 0 aliphatic carbocycles. The minimum atomic E-state index is -3.73. The molecule has 0 N–H and O–H groups in total. The van der Waals surface area contributed by atoms with Crippen LogP contribution in [0.3, 0.4) is 0 Å². The Morgan fingerprint density at radius 2 is 1.62 bits per heavy atom. The van der Waals surface area contributed by atoms with Crippen molar-refractivity contribution in [3.05, 3.63) is 29.3 Å². The first-order valence-corrected chi connectivity index (χ1v) is 11.6. The van der Waals surface area contributed by atoms with Gasteiger partial charge in [0.1, 0.15) is 0 Å². The molecule has 3 rings (SSSR count). The SMILES string of the molecule is CN1CCN([C@H]2CS(=O)(=O)C[C@@H]2S(=O)(=O)c2ccc(Cl)cc2)CC1. The Balaban J connectivity index is 1.92. The first kappa shape index (κ1) is 18.1. The first-order chi connectivity index (χ1) is 11.2. The summed E-state index contributed by atoms with van der Waals surface area (Å²) in [6.45, 7) is 2.99. The van der Waals surface area contributed by atoms with E-state index in [0.29, 0.717) is 18.1 Å². The van der Waals surface area contributed by atoms with Gasteiger partial charge in [-0.3, -0.25) is 4.90 Å². The van der Waals surface area contributed by atoms with E-state index in [-0.39, 0.29) is 16.4 Å². The number of nitrogens with zero attached hydrogens (tertiary/aromatic N) is 2. The highest BCUT2D eigenvalue weighted by atomic mass is 35.5. The van der Waals surface area contributed by atoms with Crippen LogP contribution in [0.1, 0.15) is 0 Å². The molecule has 0 bridgehead atoms. The quantitative estimate of drug-likeness (QED) is 0.746. The van der Waals surface area contributed by atoms with E-state index in [9.17, 15) is 16.8 Å². The van der Waals surface area contributed by atoms with Gasteiger partial charge in [-0.25, -0.2) is 16.8 Å². The summed E-state index contributed by atoms with van der Waals surface area (Å²) >= 11 is 5.83. The molecule has 2 heterocycles. The summed E-state index contributed by atoms with van der Waals surface area (Å²) in [6.07, 6.45) is 0. The smallest absolute Gasteiger partial charge is 0.183 e. The topological polar surface area (TPSA) is 74.8 Å². The molecule has 0 spiro atoms. The fourth-order valence-corrected chi connectivity index (χ4v) is 8.34. The Hall–Kier alpha value is -0.670. The van der Waals surface area contributed by atoms with E-state index < -0.39 is 31.0 Å². The fourth-order valence-electron chi connectivity index (χ4n) is 3.39. The number of rotatable bonds is 3. The standard InChI is InChI=1S/C15H21ClN2O4S2/c1-17-6-8-18(9-7-17)14-10-23(19,20)11-15(14)24(21,22)13-4-2-12(16)3-5-13/h2-5,14-15H,6-11H2,1H3/t14-,15-/m0/s1. The van der Waals surface area contributed by atoms with Crippen molar-refractivity contribution in [2.24, 2.45) is 0 Å². The number of halogens is 1. The van der Waals surface area contributed by atoms with E-state index in [4.69, 9.17) is 11.6 Å². The van der Waals surface area contributed by atoms with Crippen LogP contribution in [-0.4, -0.2) is 82.7 Å². The summed E-state index contributed by atoms with van der Waals surface area (Å²) in [4.78, 5) is 4.30. The van der Waals surface area contributed by atoms with Gasteiger partial charge in [-0.1, -0.05) is 11.6 Å². The van der Waals surface area contributed by atoms with Crippen LogP contribution in [0.25, 0.3) is 0 Å². The summed E-state index contributed by atoms with van der Waals surface area (Å²) < 4.78 is 50.3. The third kappa shape index (κ3) is 3.62. The third-order valence-electron chi connectivity index (χ3n) is 4.82. The second kappa shape index (κ2) is 6.57. The van der Waals surface area contributed by atoms with Gasteiger partial charge in [-0.2, -0.15) is 0 Å². The summed E-state index contributed by atoms with van der Waals surface area (Å²) in [5.74, 6) is -0.400. The normalized spacial score (nSPS) is 28.9. The molecule has 24 heavy (non-hydrogen) atoms. The van der Waals surface area contributed by atoms with Gasteiger partial charge in [0.05, 0.1) is 21.7 Å². The van der Waals surface area contributed by atoms with Gasteiger partial charge in [0.2, 0.25) is 0 Å². The molecule has 0 saturated carbocycles. The molecule has 1 aromatic carbocycles. The van der Waals surface area contributed by atoms with Crippen LogP contribution in [0, 0.1) is 0 Å². The van der Waals surface area contributed by atoms with Gasteiger partial charge in [-0.05, 0) is 31.3 Å². The molecule has 6 nitrogen and oxygen atoms in total. The Bertz CT molecular complexity index is 800. The van der Waals surface area contributed by atoms with Gasteiger partial charge in [0, 0.05) is 37.2 Å². The van der Waals surface area contributed by atoms with Gasteiger partial charge < -0.3 is 4.90 Å². The number of likely N-dealkylation sites (N-methyl/N-ethyl adjacent to an activating group) is 1. The second-order valence-corrected chi connectivity index (χ2v) is 11.3. The average Bonchev–Trinajstić information content (AvgIpc) is 2.85. The Kier molecular flexibility index (Phi) is 4.96. The highest BCUT2D eigenvalue weighted by Gasteiger charge is 2.48. The predicted octanol–water partition coefficient (Wildman–Crippen LogP) is 0.527. The Labute approximate surface area is 148 Å². The van der Waals surface area contributed by atoms with E-state index in [1.165, 1.54) is 24.3 Å². The number of piperazine rings is 1. The van der Waals surface area contributed by atoms with E-state index in [0.717, 1.165) is 13.1 Å². The number of sulfone groups is 2. The highest BCUT2D eigenvalue weighted by molar-refractivity contribution is 7.96. The predicted molar refractivity (Wildman–Crippen MR) is 93.9 cm³/mol. The van der Waals surface area contributed by atoms with Crippen LogP contribution in [0.2, 0.25) is 5.02 Å². The Morgan fingerprint density at radius 1 is 1.04 bits per heavy atom. The summed E-state index contributed by atoms with van der Waals surface area (Å²) in [5.41, 5.74) is 0. The van der Waals surface area contributed by atoms with E-state index in [1.807, 2.05) is 11.9 Å². The van der Waals surface area contributed by atoms with Gasteiger partial charge in [-0.15, -0.1) is 0 Å². The molecule has 9 heteroatoms. The molecule has 2 atom stereocenters. The zero-order valence-corrected chi connectivity index (χ0v) is 15.8. The Morgan fingerprint density at radius 3 is 2.21 bits per heavy atom. The number of hydrogen-bond donors (Lipinski definition) is 0. The lowest BCUT2D eigenvalue weighted by atomic mass is 10.2. The lowest BCUT2D eigenvalue weighted by Crippen LogP contribution is -2.54. The maximum atomic E-state index is 13.0. The van der Waals surface area contributed by atoms with Gasteiger partial charge >= 0.3 is 0 Å². The summed E-state index contributed by atoms with van der Waals surface area (Å²) in [7, 11) is -5.09. The molecule has 1 aromatic rings. The highest BCUT2D eigenvalue weighted by Crippen LogP contribution is 2.30. The van der Waals surface area contributed by atoms with Crippen molar-refractivity contribution in [2.75, 3.05) is 44.7 Å². The molecule has 2 fully saturated rings. The lowest BCUT2D eigenvalue weighted by molar-refractivity contribution is 0.122. The van der Waals surface area contributed by atoms with Gasteiger partial charge in [0.15, 0.2) is 19.7 Å². The van der Waals surface area contributed by atoms with Crippen LogP contribution in [-0.2, 0) is 19.7 Å². The molecule has 0 amide bonds. The molecule has 134 valence electrons. The molecule has 2 saturated heterocycles. The van der Waals surface area contributed by atoms with Gasteiger partial charge in [0.25, 0.3) is 0 Å². The van der Waals surface area contributed by atoms with Crippen LogP contribution in [0.4, 0.5) is 0 Å². The monoisotopic (exact) mass is 392 g/mol. The minimum absolute atomic E-state index is 0.0891. The van der Waals surface area contributed by atoms with Crippen molar-refractivity contribution in [3.8, 4) is 0 Å². The van der Waals surface area contributed by atoms with Crippen LogP contribution >= 0.6 is 11.6 Å². The van der Waals surface area contributed by atoms with Crippen molar-refractivity contribution in [3.63, 3.8) is 0 Å². The maximum absolute atomic E-state index is 13.0. The van der Waals surface area contributed by atoms with Crippen LogP contribution in [0.15, 0.2) is 29.2 Å². The largest absolute Gasteiger partial charge is 0.304 e. The lowest BCUT2D eigenvalue weighted by Gasteiger charge is -2.37. The molecular weight excluding hydrogens is 372 g/mol. The molecule has 2 aliphatic heterocycles. The van der Waals surface area contributed by atoms with Crippen molar-refractivity contribution < 1.29 is 16.8 Å². The molecule has 0 radical (unpaired) electrons. The number of benzene rings is 1. The molecule has 2 aliphatic rings. The first-order valence-electron chi connectivity index (χ1n) is 7.81. The maximum Gasteiger partial charge on any atom is 0.183 e. The van der Waals surface area contributed by atoms with E-state index >= 15 is 0 Å². The molecular formula is C15H21ClN2O4S2. The summed E-state index contributed by atoms with van der Waals surface area (Å²) in [5, 5.41) is -0.476. The van der Waals surface area contributed by atoms with Crippen LogP contribution in [0.5, 0.6) is 0 Å². The van der Waals surface area contributed by atoms with Crippen molar-refractivity contribution in [2.45, 2.75) is 16.2 Å². The third-order valence-corrected chi connectivity index (χ3v) is 9.21. The second-order valence-electron chi connectivity index (χ2n) is 6.52. The van der Waals surface area contributed by atoms with E-state index in [1.54, 1.807) is 0 Å². The summed E-state index contributed by atoms with van der Waals surface area (Å²) in [6, 6.07) is 5.45. The van der Waals surface area contributed by atoms with E-state index in [2.05, 4.69) is 4.90 Å². The zero-order valence-electron chi connectivity index (χ0n) is 13.4. The fraction of sp³-hybridized carbons (Fsp3) is 0.600.